The van der Waals surface area contributed by atoms with Crippen LogP contribution in [0.5, 0.6) is 11.5 Å². The molecule has 0 aromatic heterocycles. The van der Waals surface area contributed by atoms with Gasteiger partial charge in [0.25, 0.3) is 0 Å². The Hall–Kier alpha value is -3.27. The molecule has 0 aliphatic carbocycles. The van der Waals surface area contributed by atoms with Crippen LogP contribution in [0.25, 0.3) is 0 Å². The molecule has 0 atom stereocenters. The fraction of sp³-hybridized carbons (Fsp3) is 0.300. The number of carbonyl (C=O) groups excluding carboxylic acids is 2. The molecule has 2 amide bonds. The molecule has 2 N–H and O–H groups in total. The second-order valence-electron chi connectivity index (χ2n) is 6.54. The molecule has 1 aliphatic rings. The van der Waals surface area contributed by atoms with Gasteiger partial charge in [-0.05, 0) is 43.3 Å². The maximum absolute atomic E-state index is 12.6. The van der Waals surface area contributed by atoms with Crippen LogP contribution in [0, 0.1) is 0 Å². The van der Waals surface area contributed by atoms with Crippen molar-refractivity contribution in [3.05, 3.63) is 42.5 Å². The van der Waals surface area contributed by atoms with Crippen molar-refractivity contribution in [3.8, 4) is 11.5 Å². The molecule has 0 spiro atoms. The van der Waals surface area contributed by atoms with Crippen molar-refractivity contribution in [1.82, 2.24) is 0 Å². The van der Waals surface area contributed by atoms with Crippen molar-refractivity contribution in [2.75, 3.05) is 40.5 Å². The molecule has 160 valence electrons. The first-order chi connectivity index (χ1) is 14.3. The standard InChI is InChI=1S/C20H23N3O6S/c1-3-30(26,27)23(17-8-9-18-19(12-17)29-11-10-28-18)13-20(25)22-16-6-4-15(5-7-16)21-14(2)24/h4-9,12H,3,10-11,13H2,1-2H3,(H,21,24)(H,22,25). The Morgan fingerprint density at radius 2 is 1.57 bits per heavy atom. The number of nitrogens with one attached hydrogen (secondary N) is 2. The third-order valence-electron chi connectivity index (χ3n) is 4.29. The van der Waals surface area contributed by atoms with Gasteiger partial charge in [-0.2, -0.15) is 0 Å². The summed E-state index contributed by atoms with van der Waals surface area (Å²) in [6.07, 6.45) is 0. The minimum Gasteiger partial charge on any atom is -0.486 e. The molecular weight excluding hydrogens is 410 g/mol. The Morgan fingerprint density at radius 1 is 0.967 bits per heavy atom. The number of amides is 2. The van der Waals surface area contributed by atoms with Gasteiger partial charge in [-0.3, -0.25) is 13.9 Å². The molecule has 0 bridgehead atoms. The Labute approximate surface area is 175 Å². The lowest BCUT2D eigenvalue weighted by Gasteiger charge is -2.25. The third-order valence-corrected chi connectivity index (χ3v) is 6.03. The average molecular weight is 433 g/mol. The molecule has 9 nitrogen and oxygen atoms in total. The normalized spacial score (nSPS) is 12.7. The number of ether oxygens (including phenoxy) is 2. The molecule has 1 heterocycles. The summed E-state index contributed by atoms with van der Waals surface area (Å²) in [4.78, 5) is 23.7. The maximum atomic E-state index is 12.6. The van der Waals surface area contributed by atoms with Crippen molar-refractivity contribution in [2.45, 2.75) is 13.8 Å². The van der Waals surface area contributed by atoms with Gasteiger partial charge in [0.15, 0.2) is 11.5 Å². The zero-order valence-corrected chi connectivity index (χ0v) is 17.5. The van der Waals surface area contributed by atoms with Crippen LogP contribution in [-0.2, 0) is 19.6 Å². The van der Waals surface area contributed by atoms with E-state index in [-0.39, 0.29) is 11.7 Å². The highest BCUT2D eigenvalue weighted by molar-refractivity contribution is 7.92. The molecule has 10 heteroatoms. The number of fused-ring (bicyclic) bond motifs is 1. The topological polar surface area (TPSA) is 114 Å². The monoisotopic (exact) mass is 433 g/mol. The summed E-state index contributed by atoms with van der Waals surface area (Å²) in [5.41, 5.74) is 1.38. The van der Waals surface area contributed by atoms with Gasteiger partial charge in [0.1, 0.15) is 19.8 Å². The van der Waals surface area contributed by atoms with E-state index in [4.69, 9.17) is 9.47 Å². The van der Waals surface area contributed by atoms with Crippen molar-refractivity contribution < 1.29 is 27.5 Å². The fourth-order valence-corrected chi connectivity index (χ4v) is 3.92. The summed E-state index contributed by atoms with van der Waals surface area (Å²) >= 11 is 0. The Bertz CT molecular complexity index is 1040. The van der Waals surface area contributed by atoms with E-state index < -0.39 is 22.5 Å². The SMILES string of the molecule is CCS(=O)(=O)N(CC(=O)Nc1ccc(NC(C)=O)cc1)c1ccc2c(c1)OCCO2. The van der Waals surface area contributed by atoms with Crippen LogP contribution in [0.15, 0.2) is 42.5 Å². The number of rotatable bonds is 7. The fourth-order valence-electron chi connectivity index (χ4n) is 2.86. The highest BCUT2D eigenvalue weighted by Crippen LogP contribution is 2.34. The van der Waals surface area contributed by atoms with Gasteiger partial charge < -0.3 is 20.1 Å². The first kappa shape index (κ1) is 21.4. The summed E-state index contributed by atoms with van der Waals surface area (Å²) in [7, 11) is -3.72. The molecule has 0 saturated heterocycles. The number of hydrogen-bond acceptors (Lipinski definition) is 6. The zero-order valence-electron chi connectivity index (χ0n) is 16.7. The largest absolute Gasteiger partial charge is 0.486 e. The van der Waals surface area contributed by atoms with Crippen LogP contribution in [0.1, 0.15) is 13.8 Å². The van der Waals surface area contributed by atoms with E-state index in [0.29, 0.717) is 41.8 Å². The van der Waals surface area contributed by atoms with Gasteiger partial charge in [-0.1, -0.05) is 0 Å². The molecule has 0 saturated carbocycles. The zero-order chi connectivity index (χ0) is 21.7. The molecule has 30 heavy (non-hydrogen) atoms. The number of anilines is 3. The molecule has 0 radical (unpaired) electrons. The van der Waals surface area contributed by atoms with E-state index in [0.717, 1.165) is 4.31 Å². The van der Waals surface area contributed by atoms with E-state index in [1.807, 2.05) is 0 Å². The number of nitrogens with zero attached hydrogens (tertiary/aromatic N) is 1. The summed E-state index contributed by atoms with van der Waals surface area (Å²) in [6.45, 7) is 3.30. The van der Waals surface area contributed by atoms with E-state index in [1.54, 1.807) is 42.5 Å². The van der Waals surface area contributed by atoms with Crippen LogP contribution in [0.3, 0.4) is 0 Å². The number of hydrogen-bond donors (Lipinski definition) is 2. The van der Waals surface area contributed by atoms with Gasteiger partial charge in [-0.15, -0.1) is 0 Å². The van der Waals surface area contributed by atoms with E-state index in [2.05, 4.69) is 10.6 Å². The quantitative estimate of drug-likeness (QED) is 0.692. The van der Waals surface area contributed by atoms with Gasteiger partial charge in [0, 0.05) is 24.4 Å². The lowest BCUT2D eigenvalue weighted by Crippen LogP contribution is -2.39. The van der Waals surface area contributed by atoms with Crippen LogP contribution in [0.2, 0.25) is 0 Å². The highest BCUT2D eigenvalue weighted by Gasteiger charge is 2.25. The van der Waals surface area contributed by atoms with Gasteiger partial charge in [-0.25, -0.2) is 8.42 Å². The average Bonchev–Trinajstić information content (AvgIpc) is 2.72. The molecule has 0 fully saturated rings. The Kier molecular flexibility index (Phi) is 6.46. The lowest BCUT2D eigenvalue weighted by atomic mass is 10.2. The van der Waals surface area contributed by atoms with E-state index in [1.165, 1.54) is 13.8 Å². The van der Waals surface area contributed by atoms with Crippen LogP contribution in [0.4, 0.5) is 17.1 Å². The summed E-state index contributed by atoms with van der Waals surface area (Å²) < 4.78 is 37.3. The second kappa shape index (κ2) is 9.04. The van der Waals surface area contributed by atoms with Crippen LogP contribution in [-0.4, -0.2) is 45.7 Å². The molecule has 1 aliphatic heterocycles. The van der Waals surface area contributed by atoms with Gasteiger partial charge in [0.2, 0.25) is 21.8 Å². The Morgan fingerprint density at radius 3 is 2.17 bits per heavy atom. The Balaban J connectivity index is 1.77. The minimum absolute atomic E-state index is 0.167. The molecular formula is C20H23N3O6S. The summed E-state index contributed by atoms with van der Waals surface area (Å²) in [6, 6.07) is 11.3. The minimum atomic E-state index is -3.72. The van der Waals surface area contributed by atoms with Gasteiger partial charge in [0.05, 0.1) is 11.4 Å². The van der Waals surface area contributed by atoms with E-state index in [9.17, 15) is 18.0 Å². The van der Waals surface area contributed by atoms with Crippen molar-refractivity contribution in [3.63, 3.8) is 0 Å². The number of benzene rings is 2. The molecule has 0 unspecified atom stereocenters. The third kappa shape index (κ3) is 5.20. The van der Waals surface area contributed by atoms with Gasteiger partial charge >= 0.3 is 0 Å². The molecule has 2 aromatic rings. The summed E-state index contributed by atoms with van der Waals surface area (Å²) in [5, 5.41) is 5.30. The highest BCUT2D eigenvalue weighted by atomic mass is 32.2. The van der Waals surface area contributed by atoms with Crippen molar-refractivity contribution in [2.24, 2.45) is 0 Å². The lowest BCUT2D eigenvalue weighted by molar-refractivity contribution is -0.115. The summed E-state index contributed by atoms with van der Waals surface area (Å²) in [5.74, 6) is 0.0903. The van der Waals surface area contributed by atoms with Crippen molar-refractivity contribution in [1.29, 1.82) is 0 Å². The number of carbonyl (C=O) groups is 2. The first-order valence-corrected chi connectivity index (χ1v) is 11.0. The number of sulfonamides is 1. The maximum Gasteiger partial charge on any atom is 0.245 e. The predicted octanol–water partition coefficient (Wildman–Crippen LogP) is 2.21. The molecule has 3 rings (SSSR count). The van der Waals surface area contributed by atoms with Crippen LogP contribution >= 0.6 is 0 Å². The van der Waals surface area contributed by atoms with Crippen LogP contribution < -0.4 is 24.4 Å². The second-order valence-corrected chi connectivity index (χ2v) is 8.72. The first-order valence-electron chi connectivity index (χ1n) is 9.36. The van der Waals surface area contributed by atoms with E-state index >= 15 is 0 Å². The molecule has 2 aromatic carbocycles. The predicted molar refractivity (Wildman–Crippen MR) is 114 cm³/mol. The van der Waals surface area contributed by atoms with Crippen molar-refractivity contribution >= 4 is 38.9 Å². The smallest absolute Gasteiger partial charge is 0.245 e.